The van der Waals surface area contributed by atoms with Gasteiger partial charge in [-0.05, 0) is 31.9 Å². The molecule has 0 heterocycles. The van der Waals surface area contributed by atoms with Gasteiger partial charge in [0.1, 0.15) is 4.90 Å². The van der Waals surface area contributed by atoms with Gasteiger partial charge in [0.25, 0.3) is 0 Å². The average molecular weight is 429 g/mol. The van der Waals surface area contributed by atoms with Crippen LogP contribution in [0.2, 0.25) is 0 Å². The number of thioether (sulfide) groups is 1. The number of anilines is 1. The predicted molar refractivity (Wildman–Crippen MR) is 111 cm³/mol. The van der Waals surface area contributed by atoms with E-state index in [4.69, 9.17) is 4.74 Å². The summed E-state index contributed by atoms with van der Waals surface area (Å²) in [4.78, 5) is 23.6. The molecule has 0 saturated heterocycles. The summed E-state index contributed by atoms with van der Waals surface area (Å²) in [5, 5.41) is 2.66. The summed E-state index contributed by atoms with van der Waals surface area (Å²) in [7, 11) is -2.11. The third-order valence-electron chi connectivity index (χ3n) is 4.67. The summed E-state index contributed by atoms with van der Waals surface area (Å²) >= 11 is 1.12. The number of hydrogen-bond donors (Lipinski definition) is 1. The van der Waals surface area contributed by atoms with Gasteiger partial charge in [-0.1, -0.05) is 31.4 Å². The standard InChI is InChI=1S/C19H28N2O5S2/c1-3-26-19(23)14-27-13-18(22)20-16-11-7-8-12-17(16)28(24,25)21(2)15-9-5-4-6-10-15/h7-8,11-12,15H,3-6,9-10,13-14H2,1-2H3,(H,20,22). The SMILES string of the molecule is CCOC(=O)CSCC(=O)Nc1ccccc1S(=O)(=O)N(C)C1CCCCC1. The van der Waals surface area contributed by atoms with E-state index in [9.17, 15) is 18.0 Å². The lowest BCUT2D eigenvalue weighted by Crippen LogP contribution is -2.38. The molecule has 2 rings (SSSR count). The van der Waals surface area contributed by atoms with Crippen LogP contribution in [0.1, 0.15) is 39.0 Å². The van der Waals surface area contributed by atoms with Crippen LogP contribution in [0.25, 0.3) is 0 Å². The molecule has 1 fully saturated rings. The molecule has 0 unspecified atom stereocenters. The molecule has 1 saturated carbocycles. The molecule has 0 radical (unpaired) electrons. The van der Waals surface area contributed by atoms with Crippen LogP contribution in [0.4, 0.5) is 5.69 Å². The van der Waals surface area contributed by atoms with Crippen molar-refractivity contribution in [3.05, 3.63) is 24.3 Å². The Morgan fingerprint density at radius 1 is 1.18 bits per heavy atom. The first kappa shape index (κ1) is 22.7. The maximum Gasteiger partial charge on any atom is 0.315 e. The molecule has 156 valence electrons. The summed E-state index contributed by atoms with van der Waals surface area (Å²) < 4.78 is 32.5. The van der Waals surface area contributed by atoms with Crippen molar-refractivity contribution in [2.45, 2.75) is 50.0 Å². The van der Waals surface area contributed by atoms with E-state index < -0.39 is 10.0 Å². The Balaban J connectivity index is 2.05. The lowest BCUT2D eigenvalue weighted by atomic mass is 9.96. The van der Waals surface area contributed by atoms with Gasteiger partial charge in [-0.25, -0.2) is 8.42 Å². The number of nitrogens with zero attached hydrogens (tertiary/aromatic N) is 1. The van der Waals surface area contributed by atoms with Crippen LogP contribution in [-0.4, -0.2) is 55.8 Å². The van der Waals surface area contributed by atoms with E-state index >= 15 is 0 Å². The number of ether oxygens (including phenoxy) is 1. The average Bonchev–Trinajstić information content (AvgIpc) is 2.68. The van der Waals surface area contributed by atoms with Crippen molar-refractivity contribution in [2.75, 3.05) is 30.5 Å². The monoisotopic (exact) mass is 428 g/mol. The first-order valence-corrected chi connectivity index (χ1v) is 12.1. The Hall–Kier alpha value is -1.58. The quantitative estimate of drug-likeness (QED) is 0.608. The highest BCUT2D eigenvalue weighted by Gasteiger charge is 2.30. The van der Waals surface area contributed by atoms with E-state index in [0.29, 0.717) is 6.61 Å². The zero-order valence-corrected chi connectivity index (χ0v) is 18.0. The molecule has 1 aliphatic carbocycles. The number of nitrogens with one attached hydrogen (secondary N) is 1. The number of hydrogen-bond acceptors (Lipinski definition) is 6. The molecular weight excluding hydrogens is 400 g/mol. The molecule has 7 nitrogen and oxygen atoms in total. The van der Waals surface area contributed by atoms with E-state index in [-0.39, 0.29) is 40.0 Å². The topological polar surface area (TPSA) is 92.8 Å². The number of para-hydroxylation sites is 1. The molecule has 0 spiro atoms. The number of sulfonamides is 1. The van der Waals surface area contributed by atoms with Crippen molar-refractivity contribution >= 4 is 39.3 Å². The predicted octanol–water partition coefficient (Wildman–Crippen LogP) is 2.87. The van der Waals surface area contributed by atoms with Crippen molar-refractivity contribution in [1.29, 1.82) is 0 Å². The van der Waals surface area contributed by atoms with Gasteiger partial charge in [-0.2, -0.15) is 4.31 Å². The smallest absolute Gasteiger partial charge is 0.315 e. The zero-order chi connectivity index (χ0) is 20.6. The van der Waals surface area contributed by atoms with Crippen LogP contribution in [0.3, 0.4) is 0 Å². The maximum absolute atomic E-state index is 13.1. The fourth-order valence-corrected chi connectivity index (χ4v) is 5.38. The number of carbonyl (C=O) groups is 2. The highest BCUT2D eigenvalue weighted by Crippen LogP contribution is 2.29. The van der Waals surface area contributed by atoms with Crippen LogP contribution >= 0.6 is 11.8 Å². The zero-order valence-electron chi connectivity index (χ0n) is 16.3. The van der Waals surface area contributed by atoms with Crippen LogP contribution in [-0.2, 0) is 24.3 Å². The van der Waals surface area contributed by atoms with Gasteiger partial charge < -0.3 is 10.1 Å². The van der Waals surface area contributed by atoms with Crippen molar-refractivity contribution in [2.24, 2.45) is 0 Å². The van der Waals surface area contributed by atoms with Crippen LogP contribution in [0.5, 0.6) is 0 Å². The minimum absolute atomic E-state index is 0.0114. The van der Waals surface area contributed by atoms with E-state index in [1.54, 1.807) is 32.2 Å². The molecule has 0 bridgehead atoms. The van der Waals surface area contributed by atoms with E-state index in [1.165, 1.54) is 10.4 Å². The fourth-order valence-electron chi connectivity index (χ4n) is 3.21. The summed E-state index contributed by atoms with van der Waals surface area (Å²) in [6.45, 7) is 2.02. The van der Waals surface area contributed by atoms with Crippen LogP contribution in [0, 0.1) is 0 Å². The third-order valence-corrected chi connectivity index (χ3v) is 7.54. The first-order valence-electron chi connectivity index (χ1n) is 9.46. The summed E-state index contributed by atoms with van der Waals surface area (Å²) in [6, 6.07) is 6.40. The highest BCUT2D eigenvalue weighted by atomic mass is 32.2. The Morgan fingerprint density at radius 2 is 1.86 bits per heavy atom. The normalized spacial score (nSPS) is 15.4. The van der Waals surface area contributed by atoms with E-state index in [2.05, 4.69) is 5.32 Å². The van der Waals surface area contributed by atoms with E-state index in [1.807, 2.05) is 0 Å². The Bertz CT molecular complexity index is 776. The van der Waals surface area contributed by atoms with E-state index in [0.717, 1.165) is 43.9 Å². The molecule has 1 aromatic carbocycles. The molecule has 0 aliphatic heterocycles. The van der Waals surface area contributed by atoms with Crippen LogP contribution in [0.15, 0.2) is 29.2 Å². The van der Waals surface area contributed by atoms with Crippen molar-refractivity contribution in [1.82, 2.24) is 4.31 Å². The second-order valence-electron chi connectivity index (χ2n) is 6.66. The largest absolute Gasteiger partial charge is 0.465 e. The molecule has 0 atom stereocenters. The summed E-state index contributed by atoms with van der Waals surface area (Å²) in [5.74, 6) is -0.633. The Kier molecular flexibility index (Phi) is 8.78. The van der Waals surface area contributed by atoms with Gasteiger partial charge in [-0.15, -0.1) is 11.8 Å². The summed E-state index contributed by atoms with van der Waals surface area (Å²) in [6.07, 6.45) is 4.91. The molecular formula is C19H28N2O5S2. The Labute approximate surface area is 171 Å². The van der Waals surface area contributed by atoms with Gasteiger partial charge >= 0.3 is 5.97 Å². The number of esters is 1. The number of amides is 1. The maximum atomic E-state index is 13.1. The molecule has 28 heavy (non-hydrogen) atoms. The first-order chi connectivity index (χ1) is 13.4. The van der Waals surface area contributed by atoms with Gasteiger partial charge in [0.2, 0.25) is 15.9 Å². The van der Waals surface area contributed by atoms with Crippen molar-refractivity contribution in [3.8, 4) is 0 Å². The third kappa shape index (κ3) is 6.22. The molecule has 1 N–H and O–H groups in total. The number of rotatable bonds is 9. The molecule has 0 aromatic heterocycles. The Morgan fingerprint density at radius 3 is 2.54 bits per heavy atom. The number of carbonyl (C=O) groups excluding carboxylic acids is 2. The minimum atomic E-state index is -3.72. The molecule has 1 aromatic rings. The lowest BCUT2D eigenvalue weighted by molar-refractivity contribution is -0.139. The highest BCUT2D eigenvalue weighted by molar-refractivity contribution is 8.00. The van der Waals surface area contributed by atoms with Gasteiger partial charge in [0.15, 0.2) is 0 Å². The minimum Gasteiger partial charge on any atom is -0.465 e. The second kappa shape index (κ2) is 10.8. The molecule has 1 aliphatic rings. The summed E-state index contributed by atoms with van der Waals surface area (Å²) in [5.41, 5.74) is 0.256. The fraction of sp³-hybridized carbons (Fsp3) is 0.579. The van der Waals surface area contributed by atoms with Crippen molar-refractivity contribution < 1.29 is 22.7 Å². The van der Waals surface area contributed by atoms with Gasteiger partial charge in [-0.3, -0.25) is 9.59 Å². The lowest BCUT2D eigenvalue weighted by Gasteiger charge is -2.30. The molecule has 9 heteroatoms. The second-order valence-corrected chi connectivity index (χ2v) is 9.61. The van der Waals surface area contributed by atoms with Crippen molar-refractivity contribution in [3.63, 3.8) is 0 Å². The molecule has 1 amide bonds. The number of benzene rings is 1. The van der Waals surface area contributed by atoms with Crippen LogP contribution < -0.4 is 5.32 Å². The van der Waals surface area contributed by atoms with Gasteiger partial charge in [0, 0.05) is 13.1 Å². The van der Waals surface area contributed by atoms with Gasteiger partial charge in [0.05, 0.1) is 23.8 Å².